The number of hydrogen-bond acceptors (Lipinski definition) is 4. The average molecular weight is 277 g/mol. The molecule has 0 atom stereocenters. The van der Waals surface area contributed by atoms with Crippen molar-refractivity contribution in [3.05, 3.63) is 39.2 Å². The van der Waals surface area contributed by atoms with E-state index in [1.807, 2.05) is 18.2 Å². The monoisotopic (exact) mass is 276 g/mol. The fraction of sp³-hybridized carbons (Fsp3) is 0. The minimum Gasteiger partial charge on any atom is -0.267 e. The van der Waals surface area contributed by atoms with Crippen LogP contribution in [0.15, 0.2) is 33.7 Å². The average Bonchev–Trinajstić information content (AvgIpc) is 2.29. The van der Waals surface area contributed by atoms with E-state index in [2.05, 4.69) is 36.3 Å². The van der Waals surface area contributed by atoms with E-state index in [1.54, 1.807) is 0 Å². The number of H-pyrrole nitrogens is 1. The summed E-state index contributed by atoms with van der Waals surface area (Å²) in [4.78, 5) is 15.7. The first kappa shape index (κ1) is 9.41. The Hall–Kier alpha value is -1.82. The number of nitrogens with one attached hydrogen (secondary N) is 1. The molecule has 0 aliphatic carbocycles. The molecule has 3 aromatic rings. The second kappa shape index (κ2) is 3.34. The van der Waals surface area contributed by atoms with Crippen LogP contribution in [0.3, 0.4) is 0 Å². The van der Waals surface area contributed by atoms with Crippen molar-refractivity contribution in [2.75, 3.05) is 0 Å². The minimum absolute atomic E-state index is 0.278. The predicted molar refractivity (Wildman–Crippen MR) is 63.2 cm³/mol. The molecule has 2 aromatic heterocycles. The van der Waals surface area contributed by atoms with E-state index in [0.717, 1.165) is 15.4 Å². The molecule has 0 unspecified atom stereocenters. The van der Waals surface area contributed by atoms with Crippen LogP contribution in [0.2, 0.25) is 0 Å². The Labute approximate surface area is 97.6 Å². The van der Waals surface area contributed by atoms with Crippen LogP contribution in [0, 0.1) is 0 Å². The van der Waals surface area contributed by atoms with E-state index in [0.29, 0.717) is 10.9 Å². The van der Waals surface area contributed by atoms with Gasteiger partial charge in [-0.1, -0.05) is 21.1 Å². The van der Waals surface area contributed by atoms with Gasteiger partial charge in [-0.2, -0.15) is 0 Å². The SMILES string of the molecule is O=c1[nH]nnc2c1cnc1ccc(Br)cc12. The Morgan fingerprint density at radius 1 is 1.25 bits per heavy atom. The van der Waals surface area contributed by atoms with Crippen molar-refractivity contribution >= 4 is 37.7 Å². The second-order valence-electron chi connectivity index (χ2n) is 3.32. The Morgan fingerprint density at radius 2 is 2.12 bits per heavy atom. The highest BCUT2D eigenvalue weighted by Crippen LogP contribution is 2.22. The Morgan fingerprint density at radius 3 is 3.00 bits per heavy atom. The van der Waals surface area contributed by atoms with Gasteiger partial charge in [-0.25, -0.2) is 5.10 Å². The normalized spacial score (nSPS) is 11.1. The van der Waals surface area contributed by atoms with Gasteiger partial charge in [0.15, 0.2) is 0 Å². The molecule has 2 heterocycles. The largest absolute Gasteiger partial charge is 0.276 e. The molecule has 16 heavy (non-hydrogen) atoms. The Bertz CT molecular complexity index is 752. The van der Waals surface area contributed by atoms with Gasteiger partial charge in [-0.05, 0) is 18.2 Å². The molecule has 1 aromatic carbocycles. The van der Waals surface area contributed by atoms with Crippen LogP contribution in [0.5, 0.6) is 0 Å². The van der Waals surface area contributed by atoms with Gasteiger partial charge in [0.05, 0.1) is 10.9 Å². The highest BCUT2D eigenvalue weighted by molar-refractivity contribution is 9.10. The molecule has 0 saturated carbocycles. The molecule has 0 aliphatic heterocycles. The molecule has 0 bridgehead atoms. The maximum atomic E-state index is 11.5. The summed E-state index contributed by atoms with van der Waals surface area (Å²) in [6.07, 6.45) is 1.51. The third kappa shape index (κ3) is 1.30. The molecule has 0 radical (unpaired) electrons. The lowest BCUT2D eigenvalue weighted by Crippen LogP contribution is -2.10. The Kier molecular flexibility index (Phi) is 1.97. The number of nitrogens with zero attached hydrogens (tertiary/aromatic N) is 3. The van der Waals surface area contributed by atoms with Crippen LogP contribution in [0.4, 0.5) is 0 Å². The van der Waals surface area contributed by atoms with Gasteiger partial charge in [0.2, 0.25) is 0 Å². The number of rotatable bonds is 0. The summed E-state index contributed by atoms with van der Waals surface area (Å²) in [6, 6.07) is 5.63. The minimum atomic E-state index is -0.278. The van der Waals surface area contributed by atoms with Gasteiger partial charge < -0.3 is 0 Å². The van der Waals surface area contributed by atoms with Crippen LogP contribution < -0.4 is 5.56 Å². The molecule has 0 spiro atoms. The molecule has 0 aliphatic rings. The van der Waals surface area contributed by atoms with Crippen LogP contribution in [0.25, 0.3) is 21.8 Å². The lowest BCUT2D eigenvalue weighted by Gasteiger charge is -2.00. The number of aromatic nitrogens is 4. The highest BCUT2D eigenvalue weighted by atomic mass is 79.9. The summed E-state index contributed by atoms with van der Waals surface area (Å²) < 4.78 is 0.913. The highest BCUT2D eigenvalue weighted by Gasteiger charge is 2.06. The van der Waals surface area contributed by atoms with E-state index in [1.165, 1.54) is 6.20 Å². The van der Waals surface area contributed by atoms with Gasteiger partial charge in [0, 0.05) is 16.1 Å². The van der Waals surface area contributed by atoms with E-state index in [-0.39, 0.29) is 5.56 Å². The molecule has 78 valence electrons. The van der Waals surface area contributed by atoms with Crippen molar-refractivity contribution in [1.82, 2.24) is 20.4 Å². The first-order valence-corrected chi connectivity index (χ1v) is 5.34. The fourth-order valence-corrected chi connectivity index (χ4v) is 1.97. The standard InChI is InChI=1S/C10H5BrN4O/c11-5-1-2-8-6(3-5)9-7(4-12-8)10(16)14-15-13-9/h1-4H,(H,13,14,16). The van der Waals surface area contributed by atoms with Crippen molar-refractivity contribution in [2.24, 2.45) is 0 Å². The topological polar surface area (TPSA) is 71.5 Å². The molecule has 0 amide bonds. The predicted octanol–water partition coefficient (Wildman–Crippen LogP) is 1.63. The summed E-state index contributed by atoms with van der Waals surface area (Å²) in [6.45, 7) is 0. The van der Waals surface area contributed by atoms with Crippen LogP contribution in [-0.4, -0.2) is 20.4 Å². The zero-order chi connectivity index (χ0) is 11.1. The summed E-state index contributed by atoms with van der Waals surface area (Å²) >= 11 is 3.37. The molecule has 5 nitrogen and oxygen atoms in total. The number of hydrogen-bond donors (Lipinski definition) is 1. The van der Waals surface area contributed by atoms with Gasteiger partial charge in [0.25, 0.3) is 5.56 Å². The van der Waals surface area contributed by atoms with E-state index < -0.39 is 0 Å². The molecular weight excluding hydrogens is 272 g/mol. The van der Waals surface area contributed by atoms with Gasteiger partial charge >= 0.3 is 0 Å². The lowest BCUT2D eigenvalue weighted by molar-refractivity contribution is 0.873. The third-order valence-corrected chi connectivity index (χ3v) is 2.84. The number of halogens is 1. The molecule has 1 N–H and O–H groups in total. The van der Waals surface area contributed by atoms with Gasteiger partial charge in [-0.15, -0.1) is 5.10 Å². The van der Waals surface area contributed by atoms with Crippen LogP contribution in [0.1, 0.15) is 0 Å². The van der Waals surface area contributed by atoms with E-state index >= 15 is 0 Å². The number of benzene rings is 1. The smallest absolute Gasteiger partial charge is 0.267 e. The maximum absolute atomic E-state index is 11.5. The van der Waals surface area contributed by atoms with Crippen LogP contribution >= 0.6 is 15.9 Å². The summed E-state index contributed by atoms with van der Waals surface area (Å²) in [7, 11) is 0. The zero-order valence-electron chi connectivity index (χ0n) is 7.94. The van der Waals surface area contributed by atoms with E-state index in [4.69, 9.17) is 0 Å². The van der Waals surface area contributed by atoms with Gasteiger partial charge in [0.1, 0.15) is 5.52 Å². The third-order valence-electron chi connectivity index (χ3n) is 2.35. The molecule has 0 fully saturated rings. The number of aromatic amines is 1. The van der Waals surface area contributed by atoms with Crippen molar-refractivity contribution in [3.63, 3.8) is 0 Å². The Balaban J connectivity index is 2.63. The van der Waals surface area contributed by atoms with Gasteiger partial charge in [-0.3, -0.25) is 9.78 Å². The van der Waals surface area contributed by atoms with Crippen molar-refractivity contribution in [3.8, 4) is 0 Å². The summed E-state index contributed by atoms with van der Waals surface area (Å²) in [5.41, 5.74) is 1.07. The first-order chi connectivity index (χ1) is 7.75. The molecule has 0 saturated heterocycles. The zero-order valence-corrected chi connectivity index (χ0v) is 9.52. The number of pyridine rings is 1. The quantitative estimate of drug-likeness (QED) is 0.634. The van der Waals surface area contributed by atoms with Crippen molar-refractivity contribution in [2.45, 2.75) is 0 Å². The summed E-state index contributed by atoms with van der Waals surface area (Å²) in [5, 5.41) is 11.0. The van der Waals surface area contributed by atoms with Crippen molar-refractivity contribution in [1.29, 1.82) is 0 Å². The second-order valence-corrected chi connectivity index (χ2v) is 4.24. The number of fused-ring (bicyclic) bond motifs is 3. The summed E-state index contributed by atoms with van der Waals surface area (Å²) in [5.74, 6) is 0. The lowest BCUT2D eigenvalue weighted by atomic mass is 10.2. The molecular formula is C10H5BrN4O. The van der Waals surface area contributed by atoms with Crippen molar-refractivity contribution < 1.29 is 0 Å². The molecule has 6 heteroatoms. The van der Waals surface area contributed by atoms with E-state index in [9.17, 15) is 4.79 Å². The first-order valence-electron chi connectivity index (χ1n) is 4.55. The van der Waals surface area contributed by atoms with Crippen LogP contribution in [-0.2, 0) is 0 Å². The maximum Gasteiger partial charge on any atom is 0.276 e. The fourth-order valence-electron chi connectivity index (χ4n) is 1.61. The molecule has 3 rings (SSSR count).